The lowest BCUT2D eigenvalue weighted by molar-refractivity contribution is -0.137. The molecule has 2 aromatic rings. The van der Waals surface area contributed by atoms with E-state index in [-0.39, 0.29) is 12.5 Å². The van der Waals surface area contributed by atoms with Crippen molar-refractivity contribution in [2.45, 2.75) is 46.5 Å². The number of rotatable bonds is 5. The second kappa shape index (κ2) is 7.81. The summed E-state index contributed by atoms with van der Waals surface area (Å²) in [4.78, 5) is 12.2. The maximum Gasteiger partial charge on any atom is 0.416 e. The number of benzene rings is 2. The van der Waals surface area contributed by atoms with Gasteiger partial charge in [-0.25, -0.2) is 0 Å². The minimum absolute atomic E-state index is 0.00226. The highest BCUT2D eigenvalue weighted by molar-refractivity contribution is 5.80. The van der Waals surface area contributed by atoms with Crippen molar-refractivity contribution in [2.75, 3.05) is 0 Å². The zero-order chi connectivity index (χ0) is 19.5. The molecule has 0 fully saturated rings. The highest BCUT2D eigenvalue weighted by Crippen LogP contribution is 2.29. The summed E-state index contributed by atoms with van der Waals surface area (Å²) >= 11 is 0. The molecular weight excluding hydrogens is 343 g/mol. The number of hydrogen-bond donors (Lipinski definition) is 1. The van der Waals surface area contributed by atoms with Crippen molar-refractivity contribution in [1.82, 2.24) is 5.32 Å². The molecule has 6 heteroatoms. The standard InChI is InChI=1S/C20H22F3NO2/c1-12-8-13(2)14(3)18(9-12)26-15(4)19(25)24-11-16-6-5-7-17(10-16)20(21,22)23/h5-10,15H,11H2,1-4H3,(H,24,25)/t15-/m1/s1. The average Bonchev–Trinajstić information content (AvgIpc) is 2.56. The van der Waals surface area contributed by atoms with Crippen LogP contribution in [0, 0.1) is 20.8 Å². The Morgan fingerprint density at radius 3 is 2.50 bits per heavy atom. The van der Waals surface area contributed by atoms with Crippen molar-refractivity contribution >= 4 is 5.91 Å². The summed E-state index contributed by atoms with van der Waals surface area (Å²) < 4.78 is 43.9. The Morgan fingerprint density at radius 1 is 1.15 bits per heavy atom. The van der Waals surface area contributed by atoms with Crippen LogP contribution in [0.3, 0.4) is 0 Å². The van der Waals surface area contributed by atoms with Gasteiger partial charge in [-0.05, 0) is 68.1 Å². The third-order valence-corrected chi connectivity index (χ3v) is 4.16. The topological polar surface area (TPSA) is 38.3 Å². The summed E-state index contributed by atoms with van der Waals surface area (Å²) in [5.74, 6) is 0.241. The second-order valence-corrected chi connectivity index (χ2v) is 6.38. The van der Waals surface area contributed by atoms with Gasteiger partial charge in [0.1, 0.15) is 5.75 Å². The largest absolute Gasteiger partial charge is 0.481 e. The second-order valence-electron chi connectivity index (χ2n) is 6.38. The molecule has 0 aliphatic heterocycles. The van der Waals surface area contributed by atoms with Gasteiger partial charge >= 0.3 is 6.18 Å². The fourth-order valence-electron chi connectivity index (χ4n) is 2.56. The molecule has 26 heavy (non-hydrogen) atoms. The molecule has 1 atom stereocenters. The molecule has 1 N–H and O–H groups in total. The summed E-state index contributed by atoms with van der Waals surface area (Å²) in [7, 11) is 0. The van der Waals surface area contributed by atoms with E-state index in [0.29, 0.717) is 11.3 Å². The molecule has 2 aromatic carbocycles. The lowest BCUT2D eigenvalue weighted by atomic mass is 10.1. The van der Waals surface area contributed by atoms with E-state index in [1.54, 1.807) is 6.92 Å². The number of nitrogens with one attached hydrogen (secondary N) is 1. The van der Waals surface area contributed by atoms with Crippen LogP contribution in [0.4, 0.5) is 13.2 Å². The SMILES string of the molecule is Cc1cc(C)c(C)c(O[C@H](C)C(=O)NCc2cccc(C(F)(F)F)c2)c1. The third kappa shape index (κ3) is 5.00. The minimum Gasteiger partial charge on any atom is -0.481 e. The molecule has 140 valence electrons. The molecule has 0 unspecified atom stereocenters. The van der Waals surface area contributed by atoms with E-state index >= 15 is 0 Å². The first-order valence-corrected chi connectivity index (χ1v) is 8.26. The Kier molecular flexibility index (Phi) is 5.95. The van der Waals surface area contributed by atoms with Crippen molar-refractivity contribution in [2.24, 2.45) is 0 Å². The van der Waals surface area contributed by atoms with Crippen LogP contribution in [0.25, 0.3) is 0 Å². The van der Waals surface area contributed by atoms with Crippen molar-refractivity contribution in [3.63, 3.8) is 0 Å². The predicted molar refractivity (Wildman–Crippen MR) is 94.0 cm³/mol. The van der Waals surface area contributed by atoms with Gasteiger partial charge in [-0.1, -0.05) is 18.2 Å². The molecule has 0 aromatic heterocycles. The molecule has 2 rings (SSSR count). The van der Waals surface area contributed by atoms with Crippen LogP contribution < -0.4 is 10.1 Å². The number of aryl methyl sites for hydroxylation is 2. The molecule has 3 nitrogen and oxygen atoms in total. The van der Waals surface area contributed by atoms with Crippen molar-refractivity contribution < 1.29 is 22.7 Å². The number of ether oxygens (including phenoxy) is 1. The fourth-order valence-corrected chi connectivity index (χ4v) is 2.56. The van der Waals surface area contributed by atoms with Crippen molar-refractivity contribution in [3.05, 3.63) is 64.2 Å². The Hall–Kier alpha value is -2.50. The van der Waals surface area contributed by atoms with Gasteiger partial charge in [0.2, 0.25) is 0 Å². The minimum atomic E-state index is -4.41. The summed E-state index contributed by atoms with van der Waals surface area (Å²) in [6.07, 6.45) is -5.17. The van der Waals surface area contributed by atoms with Crippen LogP contribution in [-0.2, 0) is 17.5 Å². The van der Waals surface area contributed by atoms with E-state index in [9.17, 15) is 18.0 Å². The number of alkyl halides is 3. The molecular formula is C20H22F3NO2. The third-order valence-electron chi connectivity index (χ3n) is 4.16. The molecule has 0 saturated heterocycles. The number of amides is 1. The number of hydrogen-bond acceptors (Lipinski definition) is 2. The van der Waals surface area contributed by atoms with E-state index in [1.807, 2.05) is 32.9 Å². The van der Waals surface area contributed by atoms with Crippen LogP contribution in [-0.4, -0.2) is 12.0 Å². The highest BCUT2D eigenvalue weighted by Gasteiger charge is 2.30. The lowest BCUT2D eigenvalue weighted by Gasteiger charge is -2.18. The van der Waals surface area contributed by atoms with E-state index in [4.69, 9.17) is 4.74 Å². The number of carbonyl (C=O) groups is 1. The molecule has 0 aliphatic carbocycles. The van der Waals surface area contributed by atoms with E-state index in [1.165, 1.54) is 12.1 Å². The average molecular weight is 365 g/mol. The normalized spacial score (nSPS) is 12.6. The smallest absolute Gasteiger partial charge is 0.416 e. The maximum absolute atomic E-state index is 12.7. The zero-order valence-corrected chi connectivity index (χ0v) is 15.2. The first-order valence-electron chi connectivity index (χ1n) is 8.26. The zero-order valence-electron chi connectivity index (χ0n) is 15.2. The van der Waals surface area contributed by atoms with Crippen LogP contribution in [0.15, 0.2) is 36.4 Å². The van der Waals surface area contributed by atoms with Gasteiger partial charge in [-0.15, -0.1) is 0 Å². The molecule has 0 spiro atoms. The van der Waals surface area contributed by atoms with Crippen LogP contribution in [0.1, 0.15) is 34.7 Å². The first-order chi connectivity index (χ1) is 12.1. The first kappa shape index (κ1) is 19.8. The van der Waals surface area contributed by atoms with Gasteiger partial charge in [0, 0.05) is 6.54 Å². The lowest BCUT2D eigenvalue weighted by Crippen LogP contribution is -2.36. The van der Waals surface area contributed by atoms with Gasteiger partial charge in [0.25, 0.3) is 5.91 Å². The summed E-state index contributed by atoms with van der Waals surface area (Å²) in [6, 6.07) is 8.78. The molecule has 0 aliphatic rings. The van der Waals surface area contributed by atoms with E-state index < -0.39 is 17.8 Å². The molecule has 0 bridgehead atoms. The van der Waals surface area contributed by atoms with E-state index in [0.717, 1.165) is 28.8 Å². The van der Waals surface area contributed by atoms with Gasteiger partial charge < -0.3 is 10.1 Å². The Labute approximate surface area is 151 Å². The van der Waals surface area contributed by atoms with Gasteiger partial charge in [0.05, 0.1) is 5.56 Å². The van der Waals surface area contributed by atoms with Crippen LogP contribution >= 0.6 is 0 Å². The van der Waals surface area contributed by atoms with Gasteiger partial charge in [-0.2, -0.15) is 13.2 Å². The molecule has 0 saturated carbocycles. The fraction of sp³-hybridized carbons (Fsp3) is 0.350. The van der Waals surface area contributed by atoms with Crippen molar-refractivity contribution in [3.8, 4) is 5.75 Å². The summed E-state index contributed by atoms with van der Waals surface area (Å²) in [5.41, 5.74) is 2.69. The predicted octanol–water partition coefficient (Wildman–Crippen LogP) is 4.71. The van der Waals surface area contributed by atoms with Crippen LogP contribution in [0.5, 0.6) is 5.75 Å². The Balaban J connectivity index is 2.00. The molecule has 0 heterocycles. The summed E-state index contributed by atoms with van der Waals surface area (Å²) in [6.45, 7) is 7.43. The Bertz CT molecular complexity index is 800. The number of carbonyl (C=O) groups excluding carboxylic acids is 1. The maximum atomic E-state index is 12.7. The van der Waals surface area contributed by atoms with Crippen LogP contribution in [0.2, 0.25) is 0 Å². The molecule has 1 amide bonds. The molecule has 0 radical (unpaired) electrons. The Morgan fingerprint density at radius 2 is 1.85 bits per heavy atom. The quantitative estimate of drug-likeness (QED) is 0.833. The number of halogens is 3. The van der Waals surface area contributed by atoms with Crippen molar-refractivity contribution in [1.29, 1.82) is 0 Å². The summed E-state index contributed by atoms with van der Waals surface area (Å²) in [5, 5.41) is 2.62. The highest BCUT2D eigenvalue weighted by atomic mass is 19.4. The van der Waals surface area contributed by atoms with E-state index in [2.05, 4.69) is 5.32 Å². The monoisotopic (exact) mass is 365 g/mol. The van der Waals surface area contributed by atoms with Gasteiger partial charge in [-0.3, -0.25) is 4.79 Å². The van der Waals surface area contributed by atoms with Gasteiger partial charge in [0.15, 0.2) is 6.10 Å².